The molecule has 1 amide bonds. The first-order valence-corrected chi connectivity index (χ1v) is 12.7. The highest BCUT2D eigenvalue weighted by Crippen LogP contribution is 2.45. The maximum Gasteiger partial charge on any atom is 0.243 e. The lowest BCUT2D eigenvalue weighted by Gasteiger charge is -2.46. The summed E-state index contributed by atoms with van der Waals surface area (Å²) in [6, 6.07) is 12.2. The molecule has 0 atom stereocenters. The molecular weight excluding hydrogens is 452 g/mol. The molecule has 170 valence electrons. The van der Waals surface area contributed by atoms with Gasteiger partial charge in [-0.25, -0.2) is 8.42 Å². The van der Waals surface area contributed by atoms with Crippen LogP contribution < -0.4 is 9.47 Å². The molecule has 1 saturated heterocycles. The van der Waals surface area contributed by atoms with Gasteiger partial charge < -0.3 is 14.4 Å². The number of nitrogens with zero attached hydrogens (tertiary/aromatic N) is 2. The third-order valence-corrected chi connectivity index (χ3v) is 8.84. The minimum absolute atomic E-state index is 0.0856. The van der Waals surface area contributed by atoms with E-state index < -0.39 is 15.4 Å². The van der Waals surface area contributed by atoms with E-state index in [9.17, 15) is 13.2 Å². The van der Waals surface area contributed by atoms with Gasteiger partial charge in [0.25, 0.3) is 0 Å². The van der Waals surface area contributed by atoms with Crippen LogP contribution in [0.5, 0.6) is 11.5 Å². The average Bonchev–Trinajstić information content (AvgIpc) is 2.79. The van der Waals surface area contributed by atoms with Crippen LogP contribution in [0.4, 0.5) is 0 Å². The number of fused-ring (bicyclic) bond motifs is 1. The Balaban J connectivity index is 1.29. The Labute approximate surface area is 192 Å². The molecule has 7 nitrogen and oxygen atoms in total. The lowest BCUT2D eigenvalue weighted by molar-refractivity contribution is -0.142. The summed E-state index contributed by atoms with van der Waals surface area (Å²) < 4.78 is 38.8. The van der Waals surface area contributed by atoms with Gasteiger partial charge >= 0.3 is 0 Å². The van der Waals surface area contributed by atoms with Crippen LogP contribution >= 0.6 is 11.6 Å². The van der Waals surface area contributed by atoms with Crippen LogP contribution in [0.25, 0.3) is 0 Å². The van der Waals surface area contributed by atoms with Gasteiger partial charge in [-0.3, -0.25) is 4.79 Å². The van der Waals surface area contributed by atoms with Crippen LogP contribution in [0.2, 0.25) is 5.02 Å². The maximum absolute atomic E-state index is 13.5. The van der Waals surface area contributed by atoms with Gasteiger partial charge in [0.1, 0.15) is 13.2 Å². The standard InChI is InChI=1S/C23H25ClN2O5S/c24-18-4-2-17(3-5-18)23(8-1-9-23)22(27)25-10-12-26(13-11-25)32(28,29)19-6-7-20-21(16-19)31-15-14-30-20/h2-7,16H,1,8-15H2. The third kappa shape index (κ3) is 3.64. The van der Waals surface area contributed by atoms with Crippen LogP contribution in [0.3, 0.4) is 0 Å². The van der Waals surface area contributed by atoms with Gasteiger partial charge in [0.2, 0.25) is 15.9 Å². The monoisotopic (exact) mass is 476 g/mol. The summed E-state index contributed by atoms with van der Waals surface area (Å²) in [6.07, 6.45) is 2.62. The molecule has 0 N–H and O–H groups in total. The number of sulfonamides is 1. The van der Waals surface area contributed by atoms with E-state index in [4.69, 9.17) is 21.1 Å². The second-order valence-electron chi connectivity index (χ2n) is 8.44. The van der Waals surface area contributed by atoms with Gasteiger partial charge in [0.15, 0.2) is 11.5 Å². The molecule has 0 aromatic heterocycles. The summed E-state index contributed by atoms with van der Waals surface area (Å²) in [5.74, 6) is 1.09. The van der Waals surface area contributed by atoms with Crippen molar-refractivity contribution in [2.45, 2.75) is 29.6 Å². The van der Waals surface area contributed by atoms with E-state index in [1.54, 1.807) is 12.1 Å². The third-order valence-electron chi connectivity index (χ3n) is 6.69. The minimum atomic E-state index is -3.68. The fourth-order valence-electron chi connectivity index (χ4n) is 4.69. The normalized spacial score (nSPS) is 20.5. The van der Waals surface area contributed by atoms with Crippen molar-refractivity contribution in [2.24, 2.45) is 0 Å². The Morgan fingerprint density at radius 1 is 0.906 bits per heavy atom. The van der Waals surface area contributed by atoms with Crippen molar-refractivity contribution >= 4 is 27.5 Å². The van der Waals surface area contributed by atoms with Crippen molar-refractivity contribution in [2.75, 3.05) is 39.4 Å². The molecule has 2 heterocycles. The summed E-state index contributed by atoms with van der Waals surface area (Å²) in [6.45, 7) is 2.12. The Hall–Kier alpha value is -2.29. The number of hydrogen-bond donors (Lipinski definition) is 0. The van der Waals surface area contributed by atoms with Crippen molar-refractivity contribution in [3.63, 3.8) is 0 Å². The van der Waals surface area contributed by atoms with Crippen molar-refractivity contribution < 1.29 is 22.7 Å². The topological polar surface area (TPSA) is 76.2 Å². The van der Waals surface area contributed by atoms with Gasteiger partial charge in [0.05, 0.1) is 10.3 Å². The SMILES string of the molecule is O=C(N1CCN(S(=O)(=O)c2ccc3c(c2)OCCO3)CC1)C1(c2ccc(Cl)cc2)CCC1. The predicted molar refractivity (Wildman–Crippen MR) is 120 cm³/mol. The van der Waals surface area contributed by atoms with E-state index in [1.807, 2.05) is 29.2 Å². The molecule has 1 saturated carbocycles. The molecule has 2 aromatic carbocycles. The lowest BCUT2D eigenvalue weighted by atomic mass is 9.63. The molecule has 9 heteroatoms. The van der Waals surface area contributed by atoms with Crippen LogP contribution in [0.15, 0.2) is 47.4 Å². The molecule has 2 aromatic rings. The number of amides is 1. The molecule has 2 aliphatic heterocycles. The van der Waals surface area contributed by atoms with Crippen molar-refractivity contribution in [3.05, 3.63) is 53.1 Å². The number of ether oxygens (including phenoxy) is 2. The number of carbonyl (C=O) groups excluding carboxylic acids is 1. The summed E-state index contributed by atoms with van der Waals surface area (Å²) in [4.78, 5) is 15.5. The van der Waals surface area contributed by atoms with Crippen LogP contribution in [0, 0.1) is 0 Å². The molecule has 0 unspecified atom stereocenters. The molecule has 32 heavy (non-hydrogen) atoms. The predicted octanol–water partition coefficient (Wildman–Crippen LogP) is 3.07. The second-order valence-corrected chi connectivity index (χ2v) is 10.8. The minimum Gasteiger partial charge on any atom is -0.486 e. The van der Waals surface area contributed by atoms with Crippen molar-refractivity contribution in [1.29, 1.82) is 0 Å². The lowest BCUT2D eigenvalue weighted by Crippen LogP contribution is -2.57. The first kappa shape index (κ1) is 21.6. The summed E-state index contributed by atoms with van der Waals surface area (Å²) in [7, 11) is -3.68. The van der Waals surface area contributed by atoms with E-state index in [2.05, 4.69) is 0 Å². The zero-order chi connectivity index (χ0) is 22.3. The van der Waals surface area contributed by atoms with Crippen LogP contribution in [0.1, 0.15) is 24.8 Å². The average molecular weight is 477 g/mol. The quantitative estimate of drug-likeness (QED) is 0.677. The molecule has 2 fully saturated rings. The number of hydrogen-bond acceptors (Lipinski definition) is 5. The van der Waals surface area contributed by atoms with E-state index in [0.29, 0.717) is 42.8 Å². The first-order valence-electron chi connectivity index (χ1n) is 10.9. The first-order chi connectivity index (χ1) is 15.4. The molecule has 0 radical (unpaired) electrons. The number of rotatable bonds is 4. The van der Waals surface area contributed by atoms with E-state index >= 15 is 0 Å². The van der Waals surface area contributed by atoms with E-state index in [-0.39, 0.29) is 23.9 Å². The summed E-state index contributed by atoms with van der Waals surface area (Å²) in [5, 5.41) is 0.647. The Morgan fingerprint density at radius 2 is 1.56 bits per heavy atom. The molecule has 0 bridgehead atoms. The van der Waals surface area contributed by atoms with Crippen molar-refractivity contribution in [1.82, 2.24) is 9.21 Å². The van der Waals surface area contributed by atoms with Gasteiger partial charge in [-0.15, -0.1) is 0 Å². The van der Waals surface area contributed by atoms with Crippen LogP contribution in [-0.2, 0) is 20.2 Å². The fraction of sp³-hybridized carbons (Fsp3) is 0.435. The molecular formula is C23H25ClN2O5S. The van der Waals surface area contributed by atoms with Gasteiger partial charge in [0, 0.05) is 37.3 Å². The zero-order valence-corrected chi connectivity index (χ0v) is 19.2. The Kier molecular flexibility index (Phi) is 5.55. The smallest absolute Gasteiger partial charge is 0.243 e. The number of halogens is 1. The number of benzene rings is 2. The Morgan fingerprint density at radius 3 is 2.19 bits per heavy atom. The molecule has 1 aliphatic carbocycles. The second kappa shape index (κ2) is 8.24. The number of piperazine rings is 1. The molecule has 3 aliphatic rings. The maximum atomic E-state index is 13.5. The van der Waals surface area contributed by atoms with Crippen LogP contribution in [-0.4, -0.2) is 62.9 Å². The van der Waals surface area contributed by atoms with Crippen molar-refractivity contribution in [3.8, 4) is 11.5 Å². The summed E-state index contributed by atoms with van der Waals surface area (Å²) >= 11 is 6.03. The van der Waals surface area contributed by atoms with E-state index in [0.717, 1.165) is 24.8 Å². The number of carbonyl (C=O) groups is 1. The Bertz CT molecular complexity index is 1120. The molecule has 5 rings (SSSR count). The highest BCUT2D eigenvalue weighted by Gasteiger charge is 2.48. The van der Waals surface area contributed by atoms with Gasteiger partial charge in [-0.05, 0) is 42.7 Å². The van der Waals surface area contributed by atoms with E-state index in [1.165, 1.54) is 10.4 Å². The zero-order valence-electron chi connectivity index (χ0n) is 17.6. The highest BCUT2D eigenvalue weighted by molar-refractivity contribution is 7.89. The van der Waals surface area contributed by atoms with Gasteiger partial charge in [-0.2, -0.15) is 4.31 Å². The summed E-state index contributed by atoms with van der Waals surface area (Å²) in [5.41, 5.74) is 0.478. The fourth-order valence-corrected chi connectivity index (χ4v) is 6.26. The highest BCUT2D eigenvalue weighted by atomic mass is 35.5. The molecule has 0 spiro atoms. The largest absolute Gasteiger partial charge is 0.486 e. The van der Waals surface area contributed by atoms with Gasteiger partial charge in [-0.1, -0.05) is 30.2 Å².